The zero-order chi connectivity index (χ0) is 13.2. The van der Waals surface area contributed by atoms with E-state index in [2.05, 4.69) is 11.1 Å². The highest BCUT2D eigenvalue weighted by Gasteiger charge is 2.07. The molecule has 0 N–H and O–H groups in total. The van der Waals surface area contributed by atoms with Crippen LogP contribution in [0.2, 0.25) is 0 Å². The number of hydrogen-bond acceptors (Lipinski definition) is 2. The summed E-state index contributed by atoms with van der Waals surface area (Å²) in [6, 6.07) is 17.6. The number of rotatable bonds is 1. The lowest BCUT2D eigenvalue weighted by molar-refractivity contribution is 0.628. The van der Waals surface area contributed by atoms with Gasteiger partial charge in [0, 0.05) is 5.39 Å². The van der Waals surface area contributed by atoms with Gasteiger partial charge in [-0.2, -0.15) is 5.26 Å². The molecular formula is C16H9FN2. The molecule has 3 aromatic rings. The van der Waals surface area contributed by atoms with E-state index in [0.717, 1.165) is 22.0 Å². The van der Waals surface area contributed by atoms with Crippen molar-refractivity contribution in [2.45, 2.75) is 0 Å². The van der Waals surface area contributed by atoms with Gasteiger partial charge in [-0.05, 0) is 35.4 Å². The Labute approximate surface area is 109 Å². The molecule has 0 radical (unpaired) electrons. The molecule has 1 aromatic heterocycles. The van der Waals surface area contributed by atoms with Crippen molar-refractivity contribution in [3.63, 3.8) is 0 Å². The van der Waals surface area contributed by atoms with Crippen LogP contribution in [-0.2, 0) is 0 Å². The van der Waals surface area contributed by atoms with Crippen LogP contribution in [0.5, 0.6) is 0 Å². The maximum absolute atomic E-state index is 13.0. The van der Waals surface area contributed by atoms with Crippen molar-refractivity contribution in [2.24, 2.45) is 0 Å². The number of fused-ring (bicyclic) bond motifs is 1. The molecule has 3 heteroatoms. The maximum Gasteiger partial charge on any atom is 0.141 e. The van der Waals surface area contributed by atoms with Crippen molar-refractivity contribution in [3.05, 3.63) is 66.1 Å². The molecule has 0 aliphatic rings. The van der Waals surface area contributed by atoms with Gasteiger partial charge < -0.3 is 0 Å². The Kier molecular flexibility index (Phi) is 2.70. The summed E-state index contributed by atoms with van der Waals surface area (Å²) in [4.78, 5) is 4.26. The topological polar surface area (TPSA) is 36.7 Å². The molecule has 3 rings (SSSR count). The number of aromatic nitrogens is 1. The monoisotopic (exact) mass is 248 g/mol. The third kappa shape index (κ3) is 2.04. The highest BCUT2D eigenvalue weighted by atomic mass is 19.1. The van der Waals surface area contributed by atoms with Crippen molar-refractivity contribution >= 4 is 10.9 Å². The van der Waals surface area contributed by atoms with Gasteiger partial charge in [0.05, 0.1) is 5.52 Å². The summed E-state index contributed by atoms with van der Waals surface area (Å²) in [6.07, 6.45) is 0. The standard InChI is InChI=1S/C16H9FN2/c17-12-7-5-11(6-8-12)15-9-13(10-18)19-16-4-2-1-3-14(15)16/h1-9H. The van der Waals surface area contributed by atoms with E-state index >= 15 is 0 Å². The fraction of sp³-hybridized carbons (Fsp3) is 0. The Bertz CT molecular complexity index is 786. The minimum absolute atomic E-state index is 0.275. The largest absolute Gasteiger partial charge is 0.237 e. The summed E-state index contributed by atoms with van der Waals surface area (Å²) in [5, 5.41) is 9.99. The Hall–Kier alpha value is -2.73. The van der Waals surface area contributed by atoms with Crippen LogP contribution in [0.3, 0.4) is 0 Å². The van der Waals surface area contributed by atoms with Gasteiger partial charge in [-0.15, -0.1) is 0 Å². The molecule has 1 heterocycles. The van der Waals surface area contributed by atoms with E-state index < -0.39 is 0 Å². The first kappa shape index (κ1) is 11.4. The van der Waals surface area contributed by atoms with Crippen LogP contribution in [0.4, 0.5) is 4.39 Å². The van der Waals surface area contributed by atoms with Crippen molar-refractivity contribution in [1.29, 1.82) is 5.26 Å². The van der Waals surface area contributed by atoms with E-state index in [4.69, 9.17) is 5.26 Å². The summed E-state index contributed by atoms with van der Waals surface area (Å²) in [5.41, 5.74) is 2.89. The number of para-hydroxylation sites is 1. The fourth-order valence-electron chi connectivity index (χ4n) is 2.10. The van der Waals surface area contributed by atoms with E-state index in [0.29, 0.717) is 5.69 Å². The third-order valence-electron chi connectivity index (χ3n) is 2.99. The molecule has 0 bridgehead atoms. The number of benzene rings is 2. The minimum Gasteiger partial charge on any atom is -0.237 e. The number of nitriles is 1. The van der Waals surface area contributed by atoms with E-state index in [9.17, 15) is 4.39 Å². The molecule has 0 saturated heterocycles. The molecule has 19 heavy (non-hydrogen) atoms. The molecule has 0 amide bonds. The maximum atomic E-state index is 13.0. The lowest BCUT2D eigenvalue weighted by Gasteiger charge is -2.07. The SMILES string of the molecule is N#Cc1cc(-c2ccc(F)cc2)c2ccccc2n1. The Morgan fingerprint density at radius 3 is 2.47 bits per heavy atom. The predicted octanol–water partition coefficient (Wildman–Crippen LogP) is 3.91. The van der Waals surface area contributed by atoms with Crippen LogP contribution >= 0.6 is 0 Å². The third-order valence-corrected chi connectivity index (χ3v) is 2.99. The molecule has 0 atom stereocenters. The van der Waals surface area contributed by atoms with Crippen LogP contribution in [0, 0.1) is 17.1 Å². The summed E-state index contributed by atoms with van der Waals surface area (Å²) in [6.45, 7) is 0. The van der Waals surface area contributed by atoms with E-state index in [1.54, 1.807) is 18.2 Å². The van der Waals surface area contributed by atoms with Crippen LogP contribution in [-0.4, -0.2) is 4.98 Å². The first-order chi connectivity index (χ1) is 9.28. The van der Waals surface area contributed by atoms with Crippen molar-refractivity contribution in [1.82, 2.24) is 4.98 Å². The van der Waals surface area contributed by atoms with Gasteiger partial charge in [-0.3, -0.25) is 0 Å². The lowest BCUT2D eigenvalue weighted by atomic mass is 10.0. The summed E-state index contributed by atoms with van der Waals surface area (Å²) in [7, 11) is 0. The predicted molar refractivity (Wildman–Crippen MR) is 71.9 cm³/mol. The molecule has 0 aliphatic carbocycles. The van der Waals surface area contributed by atoms with Gasteiger partial charge >= 0.3 is 0 Å². The number of hydrogen-bond donors (Lipinski definition) is 0. The molecule has 90 valence electrons. The first-order valence-electron chi connectivity index (χ1n) is 5.84. The average Bonchev–Trinajstić information content (AvgIpc) is 2.47. The summed E-state index contributed by atoms with van der Waals surface area (Å²) >= 11 is 0. The van der Waals surface area contributed by atoms with E-state index in [1.807, 2.05) is 24.3 Å². The van der Waals surface area contributed by atoms with Crippen molar-refractivity contribution in [2.75, 3.05) is 0 Å². The number of pyridine rings is 1. The highest BCUT2D eigenvalue weighted by molar-refractivity contribution is 5.94. The molecule has 0 aliphatic heterocycles. The van der Waals surface area contributed by atoms with Crippen LogP contribution in [0.15, 0.2) is 54.6 Å². The average molecular weight is 248 g/mol. The second-order valence-electron chi connectivity index (χ2n) is 4.19. The highest BCUT2D eigenvalue weighted by Crippen LogP contribution is 2.28. The number of nitrogens with zero attached hydrogens (tertiary/aromatic N) is 2. The molecule has 0 unspecified atom stereocenters. The molecule has 2 aromatic carbocycles. The van der Waals surface area contributed by atoms with Gasteiger partial charge in [0.1, 0.15) is 17.6 Å². The second kappa shape index (κ2) is 4.51. The zero-order valence-corrected chi connectivity index (χ0v) is 9.97. The fourth-order valence-corrected chi connectivity index (χ4v) is 2.10. The summed E-state index contributed by atoms with van der Waals surface area (Å²) < 4.78 is 13.0. The quantitative estimate of drug-likeness (QED) is 0.654. The Morgan fingerprint density at radius 2 is 1.74 bits per heavy atom. The van der Waals surface area contributed by atoms with Gasteiger partial charge in [-0.25, -0.2) is 9.37 Å². The van der Waals surface area contributed by atoms with Crippen molar-refractivity contribution < 1.29 is 4.39 Å². The smallest absolute Gasteiger partial charge is 0.141 e. The molecule has 0 fully saturated rings. The number of halogens is 1. The van der Waals surface area contributed by atoms with Crippen molar-refractivity contribution in [3.8, 4) is 17.2 Å². The van der Waals surface area contributed by atoms with Crippen LogP contribution < -0.4 is 0 Å². The zero-order valence-electron chi connectivity index (χ0n) is 9.97. The van der Waals surface area contributed by atoms with Gasteiger partial charge in [0.2, 0.25) is 0 Å². The van der Waals surface area contributed by atoms with Gasteiger partial charge in [0.25, 0.3) is 0 Å². The molecule has 0 spiro atoms. The van der Waals surface area contributed by atoms with Gasteiger partial charge in [-0.1, -0.05) is 30.3 Å². The Morgan fingerprint density at radius 1 is 1.00 bits per heavy atom. The Balaban J connectivity index is 2.33. The lowest BCUT2D eigenvalue weighted by Crippen LogP contribution is -1.89. The van der Waals surface area contributed by atoms with E-state index in [-0.39, 0.29) is 5.82 Å². The normalized spacial score (nSPS) is 10.3. The molecule has 2 nitrogen and oxygen atoms in total. The van der Waals surface area contributed by atoms with Crippen LogP contribution in [0.25, 0.3) is 22.0 Å². The van der Waals surface area contributed by atoms with Gasteiger partial charge in [0.15, 0.2) is 0 Å². The first-order valence-corrected chi connectivity index (χ1v) is 5.84. The molecular weight excluding hydrogens is 239 g/mol. The van der Waals surface area contributed by atoms with E-state index in [1.165, 1.54) is 12.1 Å². The van der Waals surface area contributed by atoms with Crippen LogP contribution in [0.1, 0.15) is 5.69 Å². The second-order valence-corrected chi connectivity index (χ2v) is 4.19. The molecule has 0 saturated carbocycles. The minimum atomic E-state index is -0.275. The summed E-state index contributed by atoms with van der Waals surface area (Å²) in [5.74, 6) is -0.275.